The number of carbonyl (C=O) groups excluding carboxylic acids is 2. The minimum Gasteiger partial charge on any atom is -0.469 e. The number of nitrogens with zero attached hydrogens (tertiary/aromatic N) is 1. The first-order valence-corrected chi connectivity index (χ1v) is 7.82. The van der Waals surface area contributed by atoms with E-state index in [0.29, 0.717) is 6.54 Å². The van der Waals surface area contributed by atoms with Gasteiger partial charge in [0, 0.05) is 19.0 Å². The lowest BCUT2D eigenvalue weighted by atomic mass is 9.68. The highest BCUT2D eigenvalue weighted by Crippen LogP contribution is 2.41. The fourth-order valence-electron chi connectivity index (χ4n) is 3.71. The van der Waals surface area contributed by atoms with Crippen LogP contribution in [-0.2, 0) is 14.3 Å². The molecule has 2 aliphatic rings. The topological polar surface area (TPSA) is 46.6 Å². The van der Waals surface area contributed by atoms with E-state index in [2.05, 4.69) is 13.8 Å². The second-order valence-corrected chi connectivity index (χ2v) is 6.93. The summed E-state index contributed by atoms with van der Waals surface area (Å²) in [5.74, 6) is 0.0609. The van der Waals surface area contributed by atoms with Crippen LogP contribution in [0.15, 0.2) is 0 Å². The first-order valence-electron chi connectivity index (χ1n) is 7.82. The Balaban J connectivity index is 2.03. The second kappa shape index (κ2) is 6.15. The number of methoxy groups -OCH3 is 1. The van der Waals surface area contributed by atoms with Crippen LogP contribution >= 0.6 is 0 Å². The Hall–Kier alpha value is -1.06. The largest absolute Gasteiger partial charge is 0.469 e. The average Bonchev–Trinajstić information content (AvgIpc) is 2.45. The van der Waals surface area contributed by atoms with Gasteiger partial charge in [-0.2, -0.15) is 0 Å². The molecule has 0 aromatic carbocycles. The third-order valence-corrected chi connectivity index (χ3v) is 5.07. The Morgan fingerprint density at radius 3 is 2.55 bits per heavy atom. The molecule has 2 unspecified atom stereocenters. The Labute approximate surface area is 121 Å². The van der Waals surface area contributed by atoms with E-state index in [9.17, 15) is 9.59 Å². The summed E-state index contributed by atoms with van der Waals surface area (Å²) in [6, 6.07) is 0. The van der Waals surface area contributed by atoms with E-state index in [0.717, 1.165) is 38.6 Å². The van der Waals surface area contributed by atoms with Crippen molar-refractivity contribution in [3.63, 3.8) is 0 Å². The predicted octanol–water partition coefficient (Wildman–Crippen LogP) is 2.61. The van der Waals surface area contributed by atoms with E-state index < -0.39 is 0 Å². The number of likely N-dealkylation sites (tertiary alicyclic amines) is 1. The number of amides is 1. The number of carbonyl (C=O) groups is 2. The van der Waals surface area contributed by atoms with Crippen LogP contribution in [0.3, 0.4) is 0 Å². The number of hydrogen-bond acceptors (Lipinski definition) is 3. The van der Waals surface area contributed by atoms with E-state index in [4.69, 9.17) is 4.74 Å². The van der Waals surface area contributed by atoms with Gasteiger partial charge in [0.2, 0.25) is 5.91 Å². The Morgan fingerprint density at radius 2 is 1.90 bits per heavy atom. The lowest BCUT2D eigenvalue weighted by Crippen LogP contribution is -2.48. The third-order valence-electron chi connectivity index (χ3n) is 5.07. The highest BCUT2D eigenvalue weighted by molar-refractivity contribution is 5.81. The van der Waals surface area contributed by atoms with Gasteiger partial charge in [-0.15, -0.1) is 0 Å². The molecule has 20 heavy (non-hydrogen) atoms. The lowest BCUT2D eigenvalue weighted by molar-refractivity contribution is -0.151. The first kappa shape index (κ1) is 15.3. The maximum absolute atomic E-state index is 12.8. The van der Waals surface area contributed by atoms with Crippen LogP contribution in [0.5, 0.6) is 0 Å². The molecule has 0 bridgehead atoms. The summed E-state index contributed by atoms with van der Waals surface area (Å²) in [5, 5.41) is 0. The van der Waals surface area contributed by atoms with Crippen molar-refractivity contribution in [2.24, 2.45) is 17.3 Å². The van der Waals surface area contributed by atoms with E-state index in [1.165, 1.54) is 13.5 Å². The number of rotatable bonds is 2. The summed E-state index contributed by atoms with van der Waals surface area (Å²) < 4.78 is 4.83. The van der Waals surface area contributed by atoms with Gasteiger partial charge in [-0.05, 0) is 31.1 Å². The van der Waals surface area contributed by atoms with Crippen molar-refractivity contribution in [3.05, 3.63) is 0 Å². The van der Waals surface area contributed by atoms with Gasteiger partial charge < -0.3 is 9.64 Å². The second-order valence-electron chi connectivity index (χ2n) is 6.93. The minimum absolute atomic E-state index is 0.0908. The van der Waals surface area contributed by atoms with Gasteiger partial charge in [0.1, 0.15) is 0 Å². The normalized spacial score (nSPS) is 29.9. The maximum Gasteiger partial charge on any atom is 0.310 e. The number of hydrogen-bond donors (Lipinski definition) is 0. The predicted molar refractivity (Wildman–Crippen MR) is 77.1 cm³/mol. The van der Waals surface area contributed by atoms with E-state index >= 15 is 0 Å². The number of piperidine rings is 1. The van der Waals surface area contributed by atoms with Gasteiger partial charge in [0.05, 0.1) is 13.0 Å². The van der Waals surface area contributed by atoms with Crippen LogP contribution in [0.1, 0.15) is 52.4 Å². The van der Waals surface area contributed by atoms with Crippen LogP contribution in [0.25, 0.3) is 0 Å². The zero-order valence-electron chi connectivity index (χ0n) is 13.0. The molecule has 0 spiro atoms. The zero-order valence-corrected chi connectivity index (χ0v) is 13.0. The quantitative estimate of drug-likeness (QED) is 0.731. The molecule has 1 amide bonds. The highest BCUT2D eigenvalue weighted by atomic mass is 16.5. The molecule has 114 valence electrons. The molecule has 1 saturated carbocycles. The fraction of sp³-hybridized carbons (Fsp3) is 0.875. The van der Waals surface area contributed by atoms with E-state index in [1.54, 1.807) is 0 Å². The minimum atomic E-state index is -0.176. The highest BCUT2D eigenvalue weighted by Gasteiger charge is 2.40. The third kappa shape index (κ3) is 3.15. The summed E-state index contributed by atoms with van der Waals surface area (Å²) in [5.41, 5.74) is 0.0908. The molecule has 4 nitrogen and oxygen atoms in total. The summed E-state index contributed by atoms with van der Waals surface area (Å²) in [6.45, 7) is 5.74. The Kier molecular flexibility index (Phi) is 4.71. The zero-order chi connectivity index (χ0) is 14.8. The van der Waals surface area contributed by atoms with Crippen molar-refractivity contribution >= 4 is 11.9 Å². The molecule has 0 radical (unpaired) electrons. The van der Waals surface area contributed by atoms with Gasteiger partial charge in [-0.25, -0.2) is 0 Å². The van der Waals surface area contributed by atoms with Gasteiger partial charge in [-0.3, -0.25) is 9.59 Å². The lowest BCUT2D eigenvalue weighted by Gasteiger charge is -2.42. The van der Waals surface area contributed by atoms with E-state index in [1.807, 2.05) is 4.90 Å². The average molecular weight is 281 g/mol. The smallest absolute Gasteiger partial charge is 0.310 e. The SMILES string of the molecule is COC(=O)C1CCCN(C(=O)C2CCCCC2(C)C)C1. The molecule has 2 atom stereocenters. The van der Waals surface area contributed by atoms with Crippen molar-refractivity contribution in [1.29, 1.82) is 0 Å². The van der Waals surface area contributed by atoms with Crippen LogP contribution < -0.4 is 0 Å². The van der Waals surface area contributed by atoms with Gasteiger partial charge in [0.15, 0.2) is 0 Å². The van der Waals surface area contributed by atoms with Gasteiger partial charge in [-0.1, -0.05) is 26.7 Å². The van der Waals surface area contributed by atoms with Crippen LogP contribution in [0.2, 0.25) is 0 Å². The maximum atomic E-state index is 12.8. The Morgan fingerprint density at radius 1 is 1.15 bits per heavy atom. The van der Waals surface area contributed by atoms with Crippen molar-refractivity contribution in [2.75, 3.05) is 20.2 Å². The summed E-state index contributed by atoms with van der Waals surface area (Å²) in [4.78, 5) is 26.4. The summed E-state index contributed by atoms with van der Waals surface area (Å²) >= 11 is 0. The van der Waals surface area contributed by atoms with E-state index in [-0.39, 0.29) is 29.1 Å². The van der Waals surface area contributed by atoms with Crippen LogP contribution in [0.4, 0.5) is 0 Å². The van der Waals surface area contributed by atoms with Crippen molar-refractivity contribution in [1.82, 2.24) is 4.90 Å². The van der Waals surface area contributed by atoms with Crippen LogP contribution in [-0.4, -0.2) is 37.0 Å². The molecule has 0 N–H and O–H groups in total. The van der Waals surface area contributed by atoms with Crippen LogP contribution in [0, 0.1) is 17.3 Å². The van der Waals surface area contributed by atoms with Crippen molar-refractivity contribution < 1.29 is 14.3 Å². The molecule has 1 saturated heterocycles. The Bertz CT molecular complexity index is 378. The molecular weight excluding hydrogens is 254 g/mol. The fourth-order valence-corrected chi connectivity index (χ4v) is 3.71. The first-order chi connectivity index (χ1) is 9.45. The standard InChI is InChI=1S/C16H27NO3/c1-16(2)9-5-4-8-13(16)14(18)17-10-6-7-12(11-17)15(19)20-3/h12-13H,4-11H2,1-3H3. The van der Waals surface area contributed by atoms with Gasteiger partial charge in [0.25, 0.3) is 0 Å². The van der Waals surface area contributed by atoms with Crippen molar-refractivity contribution in [2.45, 2.75) is 52.4 Å². The molecule has 1 heterocycles. The van der Waals surface area contributed by atoms with Crippen molar-refractivity contribution in [3.8, 4) is 0 Å². The molecule has 1 aliphatic heterocycles. The molecule has 0 aromatic rings. The summed E-state index contributed by atoms with van der Waals surface area (Å²) in [6.07, 6.45) is 6.22. The monoisotopic (exact) mass is 281 g/mol. The molecule has 0 aromatic heterocycles. The number of esters is 1. The molecule has 2 rings (SSSR count). The van der Waals surface area contributed by atoms with Gasteiger partial charge >= 0.3 is 5.97 Å². The molecule has 1 aliphatic carbocycles. The summed E-state index contributed by atoms with van der Waals surface area (Å²) in [7, 11) is 1.42. The number of ether oxygens (including phenoxy) is 1. The molecule has 4 heteroatoms. The molecular formula is C16H27NO3. The molecule has 2 fully saturated rings.